The van der Waals surface area contributed by atoms with Crippen molar-refractivity contribution in [1.29, 1.82) is 0 Å². The number of aliphatic hydroxyl groups is 2. The van der Waals surface area contributed by atoms with Crippen LogP contribution in [0, 0.1) is 30.1 Å². The molecule has 3 N–H and O–H groups in total. The zero-order valence-corrected chi connectivity index (χ0v) is 16.5. The Labute approximate surface area is 165 Å². The molecule has 3 atom stereocenters. The number of ether oxygens (including phenoxy) is 1. The Kier molecular flexibility index (Phi) is 4.52. The number of nitrogens with zero attached hydrogens (tertiary/aromatic N) is 2. The molecule has 2 heterocycles. The molecule has 0 aromatic carbocycles. The van der Waals surface area contributed by atoms with Gasteiger partial charge in [-0.15, -0.1) is 0 Å². The third-order valence-corrected chi connectivity index (χ3v) is 7.62. The van der Waals surface area contributed by atoms with E-state index in [1.807, 2.05) is 6.92 Å². The van der Waals surface area contributed by atoms with Gasteiger partial charge in [0.15, 0.2) is 0 Å². The minimum absolute atomic E-state index is 0.260. The molecule has 0 unspecified atom stereocenters. The number of hydrogen-bond donors (Lipinski definition) is 3. The standard InChI is InChI=1S/C21H31N3O4/c1-12-9-24(18-5-16(26)17(10-25)28-18)20(27)23-19(12)22-11-21-6-13-2-14(7-21)4-15(3-13)8-21/h9,13-18,25-26H,2-8,10-11H2,1H3,(H,22,23,27)/t13?,14?,15?,16-,17+,18+,21?/m1/s1. The van der Waals surface area contributed by atoms with E-state index in [0.29, 0.717) is 11.2 Å². The van der Waals surface area contributed by atoms with Crippen LogP contribution in [-0.2, 0) is 4.74 Å². The van der Waals surface area contributed by atoms with Gasteiger partial charge >= 0.3 is 5.69 Å². The molecule has 1 aliphatic heterocycles. The summed E-state index contributed by atoms with van der Waals surface area (Å²) in [7, 11) is 0. The van der Waals surface area contributed by atoms with Crippen molar-refractivity contribution in [3.05, 3.63) is 22.2 Å². The molecule has 1 aromatic heterocycles. The van der Waals surface area contributed by atoms with Crippen LogP contribution >= 0.6 is 0 Å². The smallest absolute Gasteiger partial charge is 0.351 e. The van der Waals surface area contributed by atoms with Gasteiger partial charge in [-0.1, -0.05) is 0 Å². The minimum atomic E-state index is -0.768. The molecular formula is C21H31N3O4. The lowest BCUT2D eigenvalue weighted by molar-refractivity contribution is -0.0460. The fraction of sp³-hybridized carbons (Fsp3) is 0.810. The van der Waals surface area contributed by atoms with E-state index in [1.54, 1.807) is 6.20 Å². The van der Waals surface area contributed by atoms with Crippen molar-refractivity contribution in [2.24, 2.45) is 23.2 Å². The first-order valence-electron chi connectivity index (χ1n) is 10.7. The van der Waals surface area contributed by atoms with E-state index in [2.05, 4.69) is 10.3 Å². The van der Waals surface area contributed by atoms with Crippen LogP contribution in [0.3, 0.4) is 0 Å². The molecule has 5 fully saturated rings. The van der Waals surface area contributed by atoms with Gasteiger partial charge in [-0.25, -0.2) is 4.79 Å². The van der Waals surface area contributed by atoms with Crippen molar-refractivity contribution in [2.45, 2.75) is 70.3 Å². The molecule has 4 aliphatic carbocycles. The predicted octanol–water partition coefficient (Wildman–Crippen LogP) is 1.82. The lowest BCUT2D eigenvalue weighted by Gasteiger charge is -2.57. The molecule has 1 aromatic rings. The molecular weight excluding hydrogens is 358 g/mol. The summed E-state index contributed by atoms with van der Waals surface area (Å²) in [6.07, 6.45) is 8.28. The van der Waals surface area contributed by atoms with Gasteiger partial charge in [-0.05, 0) is 68.6 Å². The molecule has 0 amide bonds. The Morgan fingerprint density at radius 2 is 1.86 bits per heavy atom. The summed E-state index contributed by atoms with van der Waals surface area (Å²) >= 11 is 0. The number of rotatable bonds is 5. The second-order valence-corrected chi connectivity index (χ2v) is 9.85. The normalized spacial score (nSPS) is 41.5. The van der Waals surface area contributed by atoms with E-state index in [1.165, 1.54) is 43.1 Å². The first-order valence-corrected chi connectivity index (χ1v) is 10.7. The van der Waals surface area contributed by atoms with Gasteiger partial charge in [-0.3, -0.25) is 4.57 Å². The van der Waals surface area contributed by atoms with E-state index in [0.717, 1.165) is 29.9 Å². The number of aliphatic hydroxyl groups excluding tert-OH is 2. The zero-order valence-electron chi connectivity index (χ0n) is 16.5. The molecule has 28 heavy (non-hydrogen) atoms. The average molecular weight is 389 g/mol. The van der Waals surface area contributed by atoms with Crippen molar-refractivity contribution >= 4 is 5.82 Å². The van der Waals surface area contributed by atoms with E-state index in [4.69, 9.17) is 4.74 Å². The number of aryl methyl sites for hydroxylation is 1. The van der Waals surface area contributed by atoms with Crippen LogP contribution in [0.15, 0.2) is 11.0 Å². The Balaban J connectivity index is 1.30. The van der Waals surface area contributed by atoms with Gasteiger partial charge in [0.05, 0.1) is 12.7 Å². The van der Waals surface area contributed by atoms with Crippen LogP contribution in [0.2, 0.25) is 0 Å². The summed E-state index contributed by atoms with van der Waals surface area (Å²) in [6, 6.07) is 0. The van der Waals surface area contributed by atoms with Crippen LogP contribution in [0.5, 0.6) is 0 Å². The van der Waals surface area contributed by atoms with Gasteiger partial charge in [-0.2, -0.15) is 4.98 Å². The van der Waals surface area contributed by atoms with Crippen molar-refractivity contribution < 1.29 is 14.9 Å². The summed E-state index contributed by atoms with van der Waals surface area (Å²) in [5.41, 5.74) is 0.898. The molecule has 154 valence electrons. The fourth-order valence-electron chi connectivity index (χ4n) is 6.78. The second-order valence-electron chi connectivity index (χ2n) is 9.85. The topological polar surface area (TPSA) is 96.6 Å². The Bertz CT molecular complexity index is 772. The van der Waals surface area contributed by atoms with Crippen LogP contribution < -0.4 is 11.0 Å². The zero-order chi connectivity index (χ0) is 19.5. The molecule has 6 rings (SSSR count). The SMILES string of the molecule is Cc1cn([C@@H]2C[C@@H](O)[C@H](CO)O2)c(=O)nc1NCC12CC3CC(CC(C3)C1)C2. The molecule has 7 heteroatoms. The van der Waals surface area contributed by atoms with Crippen molar-refractivity contribution in [1.82, 2.24) is 9.55 Å². The van der Waals surface area contributed by atoms with Crippen molar-refractivity contribution in [3.8, 4) is 0 Å². The predicted molar refractivity (Wildman–Crippen MR) is 104 cm³/mol. The summed E-state index contributed by atoms with van der Waals surface area (Å²) < 4.78 is 7.05. The maximum atomic E-state index is 12.6. The molecule has 1 saturated heterocycles. The third-order valence-electron chi connectivity index (χ3n) is 7.62. The minimum Gasteiger partial charge on any atom is -0.394 e. The van der Waals surface area contributed by atoms with Crippen LogP contribution in [0.4, 0.5) is 5.82 Å². The van der Waals surface area contributed by atoms with Gasteiger partial charge in [0.1, 0.15) is 18.1 Å². The molecule has 4 bridgehead atoms. The molecule has 0 spiro atoms. The summed E-state index contributed by atoms with van der Waals surface area (Å²) in [5, 5.41) is 22.7. The Morgan fingerprint density at radius 3 is 2.43 bits per heavy atom. The number of hydrogen-bond acceptors (Lipinski definition) is 6. The maximum absolute atomic E-state index is 12.6. The van der Waals surface area contributed by atoms with Crippen molar-refractivity contribution in [3.63, 3.8) is 0 Å². The highest BCUT2D eigenvalue weighted by Gasteiger charge is 2.50. The summed E-state index contributed by atoms with van der Waals surface area (Å²) in [6.45, 7) is 2.59. The van der Waals surface area contributed by atoms with Gasteiger partial charge in [0, 0.05) is 24.7 Å². The maximum Gasteiger partial charge on any atom is 0.351 e. The van der Waals surface area contributed by atoms with E-state index < -0.39 is 18.4 Å². The third kappa shape index (κ3) is 3.17. The highest BCUT2D eigenvalue weighted by molar-refractivity contribution is 5.41. The van der Waals surface area contributed by atoms with Crippen LogP contribution in [-0.4, -0.2) is 45.1 Å². The Hall–Kier alpha value is -1.44. The van der Waals surface area contributed by atoms with E-state index >= 15 is 0 Å². The molecule has 5 aliphatic rings. The number of anilines is 1. The number of aromatic nitrogens is 2. The lowest BCUT2D eigenvalue weighted by atomic mass is 9.49. The quantitative estimate of drug-likeness (QED) is 0.711. The van der Waals surface area contributed by atoms with Gasteiger partial charge < -0.3 is 20.3 Å². The summed E-state index contributed by atoms with van der Waals surface area (Å²) in [5.74, 6) is 3.37. The Morgan fingerprint density at radius 1 is 1.21 bits per heavy atom. The number of nitrogens with one attached hydrogen (secondary N) is 1. The highest BCUT2D eigenvalue weighted by Crippen LogP contribution is 2.59. The van der Waals surface area contributed by atoms with E-state index in [-0.39, 0.29) is 18.7 Å². The average Bonchev–Trinajstić information content (AvgIpc) is 3.01. The van der Waals surface area contributed by atoms with Gasteiger partial charge in [0.2, 0.25) is 0 Å². The van der Waals surface area contributed by atoms with E-state index in [9.17, 15) is 15.0 Å². The monoisotopic (exact) mass is 389 g/mol. The van der Waals surface area contributed by atoms with Crippen molar-refractivity contribution in [2.75, 3.05) is 18.5 Å². The summed E-state index contributed by atoms with van der Waals surface area (Å²) in [4.78, 5) is 16.9. The first-order chi connectivity index (χ1) is 13.4. The largest absolute Gasteiger partial charge is 0.394 e. The highest BCUT2D eigenvalue weighted by atomic mass is 16.5. The second kappa shape index (κ2) is 6.82. The molecule has 7 nitrogen and oxygen atoms in total. The fourth-order valence-corrected chi connectivity index (χ4v) is 6.78. The molecule has 0 radical (unpaired) electrons. The first kappa shape index (κ1) is 18.6. The van der Waals surface area contributed by atoms with Crippen LogP contribution in [0.1, 0.15) is 56.7 Å². The van der Waals surface area contributed by atoms with Crippen LogP contribution in [0.25, 0.3) is 0 Å². The van der Waals surface area contributed by atoms with Gasteiger partial charge in [0.25, 0.3) is 0 Å². The molecule has 4 saturated carbocycles. The lowest BCUT2D eigenvalue weighted by Crippen LogP contribution is -2.49.